The maximum atomic E-state index is 6.05. The Bertz CT molecular complexity index is 820. The Morgan fingerprint density at radius 2 is 1.93 bits per heavy atom. The highest BCUT2D eigenvalue weighted by molar-refractivity contribution is 14.0. The van der Waals surface area contributed by atoms with E-state index in [1.807, 2.05) is 49.7 Å². The van der Waals surface area contributed by atoms with Gasteiger partial charge < -0.3 is 24.7 Å². The van der Waals surface area contributed by atoms with Crippen LogP contribution in [0.2, 0.25) is 0 Å². The Morgan fingerprint density at radius 1 is 1.23 bits per heavy atom. The summed E-state index contributed by atoms with van der Waals surface area (Å²) < 4.78 is 13.4. The monoisotopic (exact) mass is 528 g/mol. The zero-order valence-electron chi connectivity index (χ0n) is 18.2. The number of benzene rings is 1. The zero-order valence-corrected chi connectivity index (χ0v) is 20.6. The van der Waals surface area contributed by atoms with E-state index in [4.69, 9.17) is 14.5 Å². The van der Waals surface area contributed by atoms with Gasteiger partial charge in [0.1, 0.15) is 18.5 Å². The molecule has 1 aromatic carbocycles. The van der Waals surface area contributed by atoms with E-state index in [0.29, 0.717) is 19.1 Å². The molecule has 1 aliphatic rings. The first-order valence-corrected chi connectivity index (χ1v) is 10.3. The van der Waals surface area contributed by atoms with Gasteiger partial charge in [-0.15, -0.1) is 34.2 Å². The maximum absolute atomic E-state index is 6.05. The molecular weight excluding hydrogens is 495 g/mol. The smallest absolute Gasteiger partial charge is 0.192 e. The molecule has 30 heavy (non-hydrogen) atoms. The van der Waals surface area contributed by atoms with Crippen molar-refractivity contribution in [3.63, 3.8) is 0 Å². The Hall–Kier alpha value is -2.04. The number of methoxy groups -OCH3 is 1. The summed E-state index contributed by atoms with van der Waals surface area (Å²) in [6, 6.07) is 8.15. The average molecular weight is 528 g/mol. The molecular formula is C21H33IN6O2. The molecule has 1 atom stereocenters. The van der Waals surface area contributed by atoms with Crippen LogP contribution in [0.25, 0.3) is 0 Å². The number of nitrogens with one attached hydrogen (secondary N) is 2. The summed E-state index contributed by atoms with van der Waals surface area (Å²) >= 11 is 0. The molecule has 0 aliphatic heterocycles. The van der Waals surface area contributed by atoms with Crippen LogP contribution in [0.3, 0.4) is 0 Å². The Balaban J connectivity index is 0.00000320. The highest BCUT2D eigenvalue weighted by Gasteiger charge is 2.17. The second kappa shape index (κ2) is 12.0. The van der Waals surface area contributed by atoms with Gasteiger partial charge in [0.2, 0.25) is 0 Å². The van der Waals surface area contributed by atoms with Crippen molar-refractivity contribution in [2.24, 2.45) is 12.0 Å². The number of nitrogens with zero attached hydrogens (tertiary/aromatic N) is 4. The fourth-order valence-electron chi connectivity index (χ4n) is 3.37. The van der Waals surface area contributed by atoms with Gasteiger partial charge >= 0.3 is 0 Å². The third-order valence-electron chi connectivity index (χ3n) is 5.21. The van der Waals surface area contributed by atoms with Crippen molar-refractivity contribution in [2.75, 3.05) is 13.7 Å². The predicted octanol–water partition coefficient (Wildman–Crippen LogP) is 3.20. The number of rotatable bonds is 8. The highest BCUT2D eigenvalue weighted by atomic mass is 127. The number of aryl methyl sites for hydroxylation is 1. The van der Waals surface area contributed by atoms with Gasteiger partial charge in [0.25, 0.3) is 0 Å². The largest absolute Gasteiger partial charge is 0.493 e. The summed E-state index contributed by atoms with van der Waals surface area (Å²) in [5.74, 6) is 3.98. The van der Waals surface area contributed by atoms with Crippen molar-refractivity contribution in [1.82, 2.24) is 25.4 Å². The van der Waals surface area contributed by atoms with Crippen LogP contribution in [-0.4, -0.2) is 46.5 Å². The highest BCUT2D eigenvalue weighted by Crippen LogP contribution is 2.26. The molecule has 1 unspecified atom stereocenters. The van der Waals surface area contributed by atoms with Crippen LogP contribution < -0.4 is 20.1 Å². The van der Waals surface area contributed by atoms with Crippen LogP contribution in [-0.2, 0) is 13.6 Å². The third kappa shape index (κ3) is 6.75. The first kappa shape index (κ1) is 24.2. The van der Waals surface area contributed by atoms with Gasteiger partial charge in [-0.25, -0.2) is 4.99 Å². The van der Waals surface area contributed by atoms with Gasteiger partial charge in [0, 0.05) is 13.1 Å². The standard InChI is InChI=1S/C21H32N6O2.HI/c1-15(29-19-12-8-7-11-18(19)28-4)13-22-21(24-17-9-5-6-10-17)23-14-20-26-25-16(2)27(20)3;/h7-8,11-12,15,17H,5-6,9-10,13-14H2,1-4H3,(H2,22,23,24);1H. The van der Waals surface area contributed by atoms with Gasteiger partial charge in [0.05, 0.1) is 13.7 Å². The Kier molecular flexibility index (Phi) is 9.67. The Labute approximate surface area is 195 Å². The van der Waals surface area contributed by atoms with E-state index in [2.05, 4.69) is 20.8 Å². The lowest BCUT2D eigenvalue weighted by Crippen LogP contribution is -2.45. The van der Waals surface area contributed by atoms with Crippen molar-refractivity contribution in [3.05, 3.63) is 35.9 Å². The van der Waals surface area contributed by atoms with E-state index >= 15 is 0 Å². The molecule has 3 rings (SSSR count). The average Bonchev–Trinajstić information content (AvgIpc) is 3.35. The van der Waals surface area contributed by atoms with Crippen molar-refractivity contribution < 1.29 is 9.47 Å². The first-order chi connectivity index (χ1) is 14.1. The fraction of sp³-hybridized carbons (Fsp3) is 0.571. The van der Waals surface area contributed by atoms with Crippen LogP contribution in [0.4, 0.5) is 0 Å². The number of hydrogen-bond acceptors (Lipinski definition) is 5. The van der Waals surface area contributed by atoms with Gasteiger partial charge in [-0.2, -0.15) is 0 Å². The molecule has 0 amide bonds. The molecule has 2 aromatic rings. The topological polar surface area (TPSA) is 85.6 Å². The van der Waals surface area contributed by atoms with Gasteiger partial charge in [-0.1, -0.05) is 25.0 Å². The van der Waals surface area contributed by atoms with Crippen LogP contribution in [0.1, 0.15) is 44.3 Å². The number of para-hydroxylation sites is 2. The van der Waals surface area contributed by atoms with E-state index in [9.17, 15) is 0 Å². The third-order valence-corrected chi connectivity index (χ3v) is 5.21. The molecule has 9 heteroatoms. The fourth-order valence-corrected chi connectivity index (χ4v) is 3.37. The first-order valence-electron chi connectivity index (χ1n) is 10.3. The van der Waals surface area contributed by atoms with Gasteiger partial charge in [-0.3, -0.25) is 0 Å². The van der Waals surface area contributed by atoms with Crippen LogP contribution in [0, 0.1) is 6.92 Å². The van der Waals surface area contributed by atoms with E-state index in [0.717, 1.165) is 29.1 Å². The van der Waals surface area contributed by atoms with E-state index in [1.165, 1.54) is 25.7 Å². The summed E-state index contributed by atoms with van der Waals surface area (Å²) in [4.78, 5) is 4.74. The summed E-state index contributed by atoms with van der Waals surface area (Å²) in [5.41, 5.74) is 0. The van der Waals surface area contributed by atoms with E-state index < -0.39 is 0 Å². The van der Waals surface area contributed by atoms with Crippen molar-refractivity contribution in [3.8, 4) is 11.5 Å². The minimum atomic E-state index is -0.0565. The zero-order chi connectivity index (χ0) is 20.6. The second-order valence-corrected chi connectivity index (χ2v) is 7.47. The predicted molar refractivity (Wildman–Crippen MR) is 129 cm³/mol. The summed E-state index contributed by atoms with van der Waals surface area (Å²) in [6.45, 7) is 5.06. The molecule has 2 N–H and O–H groups in total. The lowest BCUT2D eigenvalue weighted by atomic mass is 10.2. The number of aromatic nitrogens is 3. The number of ether oxygens (including phenoxy) is 2. The molecule has 1 aliphatic carbocycles. The lowest BCUT2D eigenvalue weighted by molar-refractivity contribution is 0.213. The molecule has 8 nitrogen and oxygen atoms in total. The second-order valence-electron chi connectivity index (χ2n) is 7.47. The maximum Gasteiger partial charge on any atom is 0.192 e. The summed E-state index contributed by atoms with van der Waals surface area (Å²) in [6.07, 6.45) is 4.83. The summed E-state index contributed by atoms with van der Waals surface area (Å²) in [5, 5.41) is 15.3. The number of halogens is 1. The normalized spacial score (nSPS) is 15.4. The van der Waals surface area contributed by atoms with Crippen LogP contribution in [0.5, 0.6) is 11.5 Å². The SMILES string of the molecule is COc1ccccc1OC(C)CNC(=NCc1nnc(C)n1C)NC1CCCC1.I. The number of aliphatic imine (C=N–C) groups is 1. The molecule has 166 valence electrons. The van der Waals surface area contributed by atoms with E-state index in [-0.39, 0.29) is 30.1 Å². The lowest BCUT2D eigenvalue weighted by Gasteiger charge is -2.21. The van der Waals surface area contributed by atoms with Gasteiger partial charge in [0.15, 0.2) is 23.3 Å². The molecule has 1 aromatic heterocycles. The minimum absolute atomic E-state index is 0. The Morgan fingerprint density at radius 3 is 2.57 bits per heavy atom. The van der Waals surface area contributed by atoms with Gasteiger partial charge in [-0.05, 0) is 38.8 Å². The van der Waals surface area contributed by atoms with Crippen molar-refractivity contribution in [1.29, 1.82) is 0 Å². The molecule has 1 fully saturated rings. The molecule has 1 saturated carbocycles. The molecule has 0 bridgehead atoms. The van der Waals surface area contributed by atoms with Crippen molar-refractivity contribution >= 4 is 29.9 Å². The minimum Gasteiger partial charge on any atom is -0.493 e. The molecule has 0 saturated heterocycles. The van der Waals surface area contributed by atoms with Crippen LogP contribution in [0.15, 0.2) is 29.3 Å². The molecule has 0 spiro atoms. The van der Waals surface area contributed by atoms with Crippen molar-refractivity contribution in [2.45, 2.75) is 58.2 Å². The van der Waals surface area contributed by atoms with E-state index in [1.54, 1.807) is 7.11 Å². The molecule has 0 radical (unpaired) electrons. The quantitative estimate of drug-likeness (QED) is 0.311. The number of hydrogen-bond donors (Lipinski definition) is 2. The van der Waals surface area contributed by atoms with Crippen LogP contribution >= 0.6 is 24.0 Å². The summed E-state index contributed by atoms with van der Waals surface area (Å²) in [7, 11) is 3.61. The number of guanidine groups is 1. The molecule has 1 heterocycles.